The summed E-state index contributed by atoms with van der Waals surface area (Å²) < 4.78 is 26.8. The first-order valence-corrected chi connectivity index (χ1v) is 5.90. The van der Waals surface area contributed by atoms with Gasteiger partial charge in [0.1, 0.15) is 17.2 Å². The van der Waals surface area contributed by atoms with Crippen LogP contribution in [0.1, 0.15) is 12.5 Å². The maximum atomic E-state index is 13.9. The van der Waals surface area contributed by atoms with Crippen molar-refractivity contribution in [1.29, 1.82) is 5.26 Å². The van der Waals surface area contributed by atoms with Gasteiger partial charge in [0.15, 0.2) is 0 Å². The smallest absolute Gasteiger partial charge is 0.134 e. The number of benzene rings is 1. The minimum absolute atomic E-state index is 0.230. The van der Waals surface area contributed by atoms with Crippen LogP contribution < -0.4 is 5.32 Å². The van der Waals surface area contributed by atoms with Crippen molar-refractivity contribution in [3.8, 4) is 6.07 Å². The zero-order chi connectivity index (χ0) is 13.2. The highest BCUT2D eigenvalue weighted by molar-refractivity contribution is 5.32. The number of piperazine rings is 1. The van der Waals surface area contributed by atoms with Crippen molar-refractivity contribution in [1.82, 2.24) is 10.2 Å². The number of hydrogen-bond donors (Lipinski definition) is 1. The monoisotopic (exact) mass is 251 g/mol. The molecule has 1 fully saturated rings. The third-order valence-corrected chi connectivity index (χ3v) is 3.42. The molecular weight excluding hydrogens is 236 g/mol. The molecule has 1 heterocycles. The second-order valence-electron chi connectivity index (χ2n) is 4.55. The molecule has 2 rings (SSSR count). The molecule has 0 radical (unpaired) electrons. The molecule has 1 aliphatic rings. The number of rotatable bonds is 2. The highest BCUT2D eigenvalue weighted by Crippen LogP contribution is 2.30. The van der Waals surface area contributed by atoms with Gasteiger partial charge in [-0.2, -0.15) is 5.26 Å². The lowest BCUT2D eigenvalue weighted by atomic mass is 9.90. The lowest BCUT2D eigenvalue weighted by Crippen LogP contribution is -2.52. The predicted molar refractivity (Wildman–Crippen MR) is 63.8 cm³/mol. The summed E-state index contributed by atoms with van der Waals surface area (Å²) in [6.45, 7) is 4.54. The predicted octanol–water partition coefficient (Wildman–Crippen LogP) is 1.61. The molecule has 1 N–H and O–H groups in total. The fraction of sp³-hybridized carbons (Fsp3) is 0.462. The molecule has 1 aromatic rings. The standard InChI is InChI=1S/C13H15F2N3/c1-13(9-16,18-6-4-17-5-7-18)11-3-2-10(14)8-12(11)15/h2-3,8,17H,4-7H2,1H3. The van der Waals surface area contributed by atoms with E-state index >= 15 is 0 Å². The van der Waals surface area contributed by atoms with Crippen LogP contribution >= 0.6 is 0 Å². The van der Waals surface area contributed by atoms with Gasteiger partial charge in [-0.05, 0) is 13.0 Å². The van der Waals surface area contributed by atoms with Crippen LogP contribution in [0.3, 0.4) is 0 Å². The van der Waals surface area contributed by atoms with Crippen LogP contribution in [0.4, 0.5) is 8.78 Å². The van der Waals surface area contributed by atoms with Crippen LogP contribution in [0.25, 0.3) is 0 Å². The number of halogens is 2. The topological polar surface area (TPSA) is 39.1 Å². The zero-order valence-corrected chi connectivity index (χ0v) is 10.2. The van der Waals surface area contributed by atoms with Crippen molar-refractivity contribution < 1.29 is 8.78 Å². The van der Waals surface area contributed by atoms with E-state index in [0.29, 0.717) is 13.1 Å². The Morgan fingerprint density at radius 3 is 2.56 bits per heavy atom. The fourth-order valence-corrected chi connectivity index (χ4v) is 2.30. The summed E-state index contributed by atoms with van der Waals surface area (Å²) in [6, 6.07) is 5.53. The van der Waals surface area contributed by atoms with Crippen molar-refractivity contribution >= 4 is 0 Å². The van der Waals surface area contributed by atoms with Gasteiger partial charge >= 0.3 is 0 Å². The number of nitrogens with one attached hydrogen (secondary N) is 1. The Kier molecular flexibility index (Phi) is 3.60. The quantitative estimate of drug-likeness (QED) is 0.868. The molecule has 0 spiro atoms. The van der Waals surface area contributed by atoms with Crippen molar-refractivity contribution in [3.63, 3.8) is 0 Å². The van der Waals surface area contributed by atoms with E-state index in [2.05, 4.69) is 11.4 Å². The van der Waals surface area contributed by atoms with Crippen molar-refractivity contribution in [3.05, 3.63) is 35.4 Å². The number of nitriles is 1. The maximum absolute atomic E-state index is 13.9. The molecule has 1 aliphatic heterocycles. The molecule has 0 bridgehead atoms. The lowest BCUT2D eigenvalue weighted by molar-refractivity contribution is 0.129. The minimum atomic E-state index is -1.06. The van der Waals surface area contributed by atoms with Gasteiger partial charge in [-0.25, -0.2) is 8.78 Å². The first kappa shape index (κ1) is 12.9. The molecule has 5 heteroatoms. The molecule has 0 amide bonds. The Bertz CT molecular complexity index is 478. The molecule has 0 aromatic heterocycles. The molecule has 18 heavy (non-hydrogen) atoms. The number of nitrogens with zero attached hydrogens (tertiary/aromatic N) is 2. The molecule has 1 atom stereocenters. The Hall–Kier alpha value is -1.51. The largest absolute Gasteiger partial charge is 0.314 e. The molecule has 1 aromatic carbocycles. The van der Waals surface area contributed by atoms with Crippen LogP contribution in [-0.2, 0) is 5.54 Å². The molecule has 96 valence electrons. The van der Waals surface area contributed by atoms with Gasteiger partial charge in [0.25, 0.3) is 0 Å². The fourth-order valence-electron chi connectivity index (χ4n) is 2.30. The van der Waals surface area contributed by atoms with Crippen molar-refractivity contribution in [2.24, 2.45) is 0 Å². The van der Waals surface area contributed by atoms with Crippen LogP contribution in [0.2, 0.25) is 0 Å². The first-order valence-electron chi connectivity index (χ1n) is 5.90. The van der Waals surface area contributed by atoms with Crippen molar-refractivity contribution in [2.75, 3.05) is 26.2 Å². The minimum Gasteiger partial charge on any atom is -0.314 e. The highest BCUT2D eigenvalue weighted by atomic mass is 19.1. The Balaban J connectivity index is 2.39. The summed E-state index contributed by atoms with van der Waals surface area (Å²) in [5, 5.41) is 12.6. The van der Waals surface area contributed by atoms with Gasteiger partial charge in [0.05, 0.1) is 6.07 Å². The average Bonchev–Trinajstić information content (AvgIpc) is 2.39. The average molecular weight is 251 g/mol. The Morgan fingerprint density at radius 1 is 1.33 bits per heavy atom. The van der Waals surface area contributed by atoms with Crippen LogP contribution in [0.15, 0.2) is 18.2 Å². The van der Waals surface area contributed by atoms with Gasteiger partial charge in [0, 0.05) is 37.8 Å². The molecule has 1 unspecified atom stereocenters. The summed E-state index contributed by atoms with van der Waals surface area (Å²) in [7, 11) is 0. The summed E-state index contributed by atoms with van der Waals surface area (Å²) in [4.78, 5) is 1.92. The second kappa shape index (κ2) is 5.01. The van der Waals surface area contributed by atoms with Crippen LogP contribution in [0.5, 0.6) is 0 Å². The van der Waals surface area contributed by atoms with Crippen molar-refractivity contribution in [2.45, 2.75) is 12.5 Å². The van der Waals surface area contributed by atoms with Gasteiger partial charge in [-0.1, -0.05) is 6.07 Å². The Morgan fingerprint density at radius 2 is 2.00 bits per heavy atom. The summed E-state index contributed by atoms with van der Waals surface area (Å²) in [5.41, 5.74) is -0.826. The normalized spacial score (nSPS) is 20.1. The third kappa shape index (κ3) is 2.22. The van der Waals surface area contributed by atoms with E-state index in [1.807, 2.05) is 4.90 Å². The van der Waals surface area contributed by atoms with E-state index in [-0.39, 0.29) is 5.56 Å². The van der Waals surface area contributed by atoms with Gasteiger partial charge in [0.2, 0.25) is 0 Å². The molecular formula is C13H15F2N3. The molecule has 1 saturated heterocycles. The summed E-state index contributed by atoms with van der Waals surface area (Å²) in [5.74, 6) is -1.30. The summed E-state index contributed by atoms with van der Waals surface area (Å²) >= 11 is 0. The number of hydrogen-bond acceptors (Lipinski definition) is 3. The molecule has 0 aliphatic carbocycles. The van der Waals surface area contributed by atoms with Crippen LogP contribution in [-0.4, -0.2) is 31.1 Å². The lowest BCUT2D eigenvalue weighted by Gasteiger charge is -2.39. The van der Waals surface area contributed by atoms with Crippen LogP contribution in [0, 0.1) is 23.0 Å². The van der Waals surface area contributed by atoms with E-state index in [4.69, 9.17) is 0 Å². The van der Waals surface area contributed by atoms with Gasteiger partial charge in [-0.3, -0.25) is 4.90 Å². The highest BCUT2D eigenvalue weighted by Gasteiger charge is 2.36. The first-order chi connectivity index (χ1) is 8.58. The SMILES string of the molecule is CC(C#N)(c1ccc(F)cc1F)N1CCNCC1. The van der Waals surface area contributed by atoms with Gasteiger partial charge < -0.3 is 5.32 Å². The third-order valence-electron chi connectivity index (χ3n) is 3.42. The van der Waals surface area contributed by atoms with E-state index in [1.165, 1.54) is 12.1 Å². The van der Waals surface area contributed by atoms with E-state index in [0.717, 1.165) is 19.2 Å². The maximum Gasteiger partial charge on any atom is 0.134 e. The summed E-state index contributed by atoms with van der Waals surface area (Å²) in [6.07, 6.45) is 0. The molecule has 0 saturated carbocycles. The zero-order valence-electron chi connectivity index (χ0n) is 10.2. The molecule has 3 nitrogen and oxygen atoms in total. The Labute approximate surface area is 105 Å². The van der Waals surface area contributed by atoms with E-state index < -0.39 is 17.2 Å². The van der Waals surface area contributed by atoms with E-state index in [1.54, 1.807) is 6.92 Å². The van der Waals surface area contributed by atoms with E-state index in [9.17, 15) is 14.0 Å². The van der Waals surface area contributed by atoms with Gasteiger partial charge in [-0.15, -0.1) is 0 Å². The second-order valence-corrected chi connectivity index (χ2v) is 4.55.